The molecule has 2 aromatic heterocycles. The van der Waals surface area contributed by atoms with Gasteiger partial charge in [0.05, 0.1) is 36.4 Å². The minimum Gasteiger partial charge on any atom is -0.476 e. The molecule has 1 aromatic carbocycles. The van der Waals surface area contributed by atoms with E-state index < -0.39 is 5.97 Å². The van der Waals surface area contributed by atoms with Crippen LogP contribution in [0.3, 0.4) is 0 Å². The summed E-state index contributed by atoms with van der Waals surface area (Å²) in [6, 6.07) is 7.01. The van der Waals surface area contributed by atoms with E-state index in [1.807, 2.05) is 32.9 Å². The number of aromatic nitrogens is 1. The fraction of sp³-hybridized carbons (Fsp3) is 0.370. The smallest absolute Gasteiger partial charge is 0.356 e. The number of aromatic carboxylic acids is 1. The van der Waals surface area contributed by atoms with Gasteiger partial charge in [0.1, 0.15) is 16.5 Å². The molecule has 188 valence electrons. The first kappa shape index (κ1) is 24.5. The lowest BCUT2D eigenvalue weighted by molar-refractivity contribution is -0.0613. The third-order valence-corrected chi connectivity index (χ3v) is 7.17. The van der Waals surface area contributed by atoms with Crippen LogP contribution in [0.4, 0.5) is 5.69 Å². The average molecular weight is 510 g/mol. The lowest BCUT2D eigenvalue weighted by Crippen LogP contribution is -2.50. The quantitative estimate of drug-likeness (QED) is 0.456. The van der Waals surface area contributed by atoms with E-state index in [1.54, 1.807) is 6.07 Å². The van der Waals surface area contributed by atoms with Gasteiger partial charge in [0, 0.05) is 24.2 Å². The van der Waals surface area contributed by atoms with Gasteiger partial charge in [0.25, 0.3) is 0 Å². The van der Waals surface area contributed by atoms with Crippen LogP contribution >= 0.6 is 11.6 Å². The normalized spacial score (nSPS) is 17.5. The molecule has 0 unspecified atom stereocenters. The molecule has 2 aliphatic heterocycles. The highest BCUT2D eigenvalue weighted by Gasteiger charge is 2.28. The van der Waals surface area contributed by atoms with Gasteiger partial charge < -0.3 is 19.6 Å². The van der Waals surface area contributed by atoms with E-state index in [9.17, 15) is 14.7 Å². The Bertz CT molecular complexity index is 1440. The maximum absolute atomic E-state index is 13.4. The number of fused-ring (bicyclic) bond motifs is 1. The van der Waals surface area contributed by atoms with Crippen LogP contribution in [0.15, 0.2) is 39.6 Å². The number of benzene rings is 1. The molecule has 9 heteroatoms. The highest BCUT2D eigenvalue weighted by atomic mass is 35.5. The van der Waals surface area contributed by atoms with Gasteiger partial charge >= 0.3 is 5.97 Å². The first-order valence-electron chi connectivity index (χ1n) is 12.0. The number of ether oxygens (including phenoxy) is 1. The summed E-state index contributed by atoms with van der Waals surface area (Å²) in [4.78, 5) is 31.5. The minimum atomic E-state index is -1.18. The molecule has 0 spiro atoms. The summed E-state index contributed by atoms with van der Waals surface area (Å²) < 4.78 is 11.8. The van der Waals surface area contributed by atoms with Gasteiger partial charge in [-0.2, -0.15) is 0 Å². The van der Waals surface area contributed by atoms with Crippen molar-refractivity contribution >= 4 is 39.8 Å². The van der Waals surface area contributed by atoms with E-state index >= 15 is 0 Å². The van der Waals surface area contributed by atoms with E-state index in [0.29, 0.717) is 34.0 Å². The van der Waals surface area contributed by atoms with Crippen LogP contribution in [-0.4, -0.2) is 53.3 Å². The number of carboxylic acid groups (broad SMARTS) is 1. The zero-order valence-electron chi connectivity index (χ0n) is 20.4. The number of carbonyl (C=O) groups is 1. The van der Waals surface area contributed by atoms with Crippen molar-refractivity contribution in [3.8, 4) is 0 Å². The Labute approximate surface area is 213 Å². The van der Waals surface area contributed by atoms with Gasteiger partial charge in [-0.05, 0) is 56.5 Å². The SMILES string of the molecule is Cc1cc([C@@H](C)Nc2ccc(Cl)nc2C(=O)O)c2oc(C3=CCN(C4COC4)CC3)c(C)c(=O)c2c1. The van der Waals surface area contributed by atoms with Crippen LogP contribution in [0.5, 0.6) is 0 Å². The van der Waals surface area contributed by atoms with Crippen molar-refractivity contribution in [3.05, 3.63) is 73.9 Å². The van der Waals surface area contributed by atoms with Crippen LogP contribution in [0.25, 0.3) is 16.5 Å². The zero-order chi connectivity index (χ0) is 25.6. The molecule has 1 fully saturated rings. The molecular weight excluding hydrogens is 482 g/mol. The van der Waals surface area contributed by atoms with Gasteiger partial charge in [0.15, 0.2) is 11.1 Å². The number of rotatable bonds is 6. The molecule has 0 saturated carbocycles. The van der Waals surface area contributed by atoms with Crippen molar-refractivity contribution in [1.29, 1.82) is 0 Å². The van der Waals surface area contributed by atoms with Crippen LogP contribution in [0.2, 0.25) is 5.15 Å². The van der Waals surface area contributed by atoms with E-state index in [1.165, 1.54) is 6.07 Å². The Hall–Kier alpha value is -3.20. The summed E-state index contributed by atoms with van der Waals surface area (Å²) in [5.41, 5.74) is 3.91. The Morgan fingerprint density at radius 3 is 2.69 bits per heavy atom. The summed E-state index contributed by atoms with van der Waals surface area (Å²) in [6.07, 6.45) is 2.94. The fourth-order valence-corrected chi connectivity index (χ4v) is 5.03. The molecule has 8 nitrogen and oxygen atoms in total. The Balaban J connectivity index is 1.55. The largest absolute Gasteiger partial charge is 0.476 e. The third kappa shape index (κ3) is 4.52. The van der Waals surface area contributed by atoms with Gasteiger partial charge in [0.2, 0.25) is 0 Å². The van der Waals surface area contributed by atoms with E-state index in [-0.39, 0.29) is 22.3 Å². The Morgan fingerprint density at radius 1 is 1.28 bits per heavy atom. The second-order valence-corrected chi connectivity index (χ2v) is 9.87. The molecule has 5 rings (SSSR count). The second-order valence-electron chi connectivity index (χ2n) is 9.48. The predicted molar refractivity (Wildman–Crippen MR) is 139 cm³/mol. The summed E-state index contributed by atoms with van der Waals surface area (Å²) >= 11 is 5.91. The molecule has 0 aliphatic carbocycles. The number of pyridine rings is 1. The van der Waals surface area contributed by atoms with Crippen LogP contribution in [-0.2, 0) is 4.74 Å². The molecule has 1 atom stereocenters. The fourth-order valence-electron chi connectivity index (χ4n) is 4.88. The molecule has 0 amide bonds. The highest BCUT2D eigenvalue weighted by molar-refractivity contribution is 6.29. The number of nitrogens with zero attached hydrogens (tertiary/aromatic N) is 2. The van der Waals surface area contributed by atoms with Crippen molar-refractivity contribution in [2.45, 2.75) is 39.3 Å². The topological polar surface area (TPSA) is 105 Å². The summed E-state index contributed by atoms with van der Waals surface area (Å²) in [5.74, 6) is -0.564. The molecular formula is C27H28ClN3O5. The number of hydrogen-bond acceptors (Lipinski definition) is 7. The molecule has 2 N–H and O–H groups in total. The van der Waals surface area contributed by atoms with Crippen LogP contribution < -0.4 is 10.7 Å². The van der Waals surface area contributed by atoms with Gasteiger partial charge in [-0.1, -0.05) is 23.7 Å². The average Bonchev–Trinajstić information content (AvgIpc) is 2.81. The molecule has 4 heterocycles. The summed E-state index contributed by atoms with van der Waals surface area (Å²) in [5, 5.41) is 13.4. The number of nitrogens with one attached hydrogen (secondary N) is 1. The first-order chi connectivity index (χ1) is 17.2. The molecule has 36 heavy (non-hydrogen) atoms. The number of anilines is 1. The lowest BCUT2D eigenvalue weighted by atomic mass is 9.96. The first-order valence-corrected chi connectivity index (χ1v) is 12.4. The lowest BCUT2D eigenvalue weighted by Gasteiger charge is -2.38. The number of halogens is 1. The van der Waals surface area contributed by atoms with Crippen LogP contribution in [0, 0.1) is 13.8 Å². The molecule has 3 aromatic rings. The van der Waals surface area contributed by atoms with E-state index in [4.69, 9.17) is 20.8 Å². The van der Waals surface area contributed by atoms with E-state index in [2.05, 4.69) is 21.3 Å². The second kappa shape index (κ2) is 9.69. The molecule has 0 radical (unpaired) electrons. The maximum atomic E-state index is 13.4. The number of hydrogen-bond donors (Lipinski definition) is 2. The molecule has 2 aliphatic rings. The molecule has 1 saturated heterocycles. The minimum absolute atomic E-state index is 0.0569. The zero-order valence-corrected chi connectivity index (χ0v) is 21.2. The van der Waals surface area contributed by atoms with Gasteiger partial charge in [-0.25, -0.2) is 9.78 Å². The standard InChI is InChI=1S/C27H28ClN3O5/c1-14-10-19(16(3)29-21-4-5-22(28)30-23(21)27(33)34)26-20(11-14)24(32)15(2)25(36-26)17-6-8-31(9-7-17)18-12-35-13-18/h4-6,10-11,16,18,29H,7-9,12-13H2,1-3H3,(H,33,34)/t16-/m1/s1. The Morgan fingerprint density at radius 2 is 2.06 bits per heavy atom. The van der Waals surface area contributed by atoms with Crippen molar-refractivity contribution in [1.82, 2.24) is 9.88 Å². The maximum Gasteiger partial charge on any atom is 0.356 e. The van der Waals surface area contributed by atoms with Gasteiger partial charge in [-0.15, -0.1) is 0 Å². The van der Waals surface area contributed by atoms with Crippen molar-refractivity contribution in [2.75, 3.05) is 31.6 Å². The van der Waals surface area contributed by atoms with Crippen molar-refractivity contribution in [3.63, 3.8) is 0 Å². The summed E-state index contributed by atoms with van der Waals surface area (Å²) in [7, 11) is 0. The number of aryl methyl sites for hydroxylation is 1. The monoisotopic (exact) mass is 509 g/mol. The third-order valence-electron chi connectivity index (χ3n) is 6.96. The van der Waals surface area contributed by atoms with Crippen molar-refractivity contribution < 1.29 is 19.1 Å². The van der Waals surface area contributed by atoms with Crippen molar-refractivity contribution in [2.24, 2.45) is 0 Å². The summed E-state index contributed by atoms with van der Waals surface area (Å²) in [6.45, 7) is 8.86. The number of carboxylic acids is 1. The van der Waals surface area contributed by atoms with Crippen LogP contribution in [0.1, 0.15) is 52.3 Å². The van der Waals surface area contributed by atoms with E-state index in [0.717, 1.165) is 49.4 Å². The predicted octanol–water partition coefficient (Wildman–Crippen LogP) is 4.82. The Kier molecular flexibility index (Phi) is 6.59. The highest BCUT2D eigenvalue weighted by Crippen LogP contribution is 2.33. The van der Waals surface area contributed by atoms with Gasteiger partial charge in [-0.3, -0.25) is 9.69 Å². The molecule has 0 bridgehead atoms.